The first-order chi connectivity index (χ1) is 17.1. The Balaban J connectivity index is 1.10. The molecule has 6 heteroatoms. The molecule has 2 saturated carbocycles. The molecule has 0 aromatic heterocycles. The molecule has 1 spiro atoms. The van der Waals surface area contributed by atoms with Gasteiger partial charge in [-0.2, -0.15) is 0 Å². The van der Waals surface area contributed by atoms with Crippen molar-refractivity contribution in [3.05, 3.63) is 53.6 Å². The molecule has 2 aromatic rings. The van der Waals surface area contributed by atoms with Gasteiger partial charge in [0, 0.05) is 31.1 Å². The lowest BCUT2D eigenvalue weighted by Gasteiger charge is -2.23. The van der Waals surface area contributed by atoms with Crippen LogP contribution >= 0.6 is 0 Å². The van der Waals surface area contributed by atoms with Crippen LogP contribution in [0.3, 0.4) is 0 Å². The summed E-state index contributed by atoms with van der Waals surface area (Å²) >= 11 is 0. The van der Waals surface area contributed by atoms with Gasteiger partial charge in [-0.3, -0.25) is 19.5 Å². The van der Waals surface area contributed by atoms with Gasteiger partial charge in [0.25, 0.3) is 5.91 Å². The molecule has 2 amide bonds. The normalized spacial score (nSPS) is 24.4. The SMILES string of the molecule is O=C(C1CC1)N1CC[C@@H](CN2C(=O)C3(CC3)N=C2c2ccc(-c3ccc4c(c3)CCCO4)cc2)C1. The van der Waals surface area contributed by atoms with E-state index in [1.54, 1.807) is 0 Å². The standard InChI is InChI=1S/C29H31N3O3/c33-27(22-7-8-22)31-14-11-19(17-31)18-32-26(30-29(12-13-29)28(32)34)21-5-3-20(4-6-21)23-9-10-25-24(16-23)2-1-15-35-25/h3-6,9-10,16,19,22H,1-2,7-8,11-15,17-18H2/t19-/m1/s1. The molecule has 0 radical (unpaired) electrons. The second-order valence-corrected chi connectivity index (χ2v) is 10.9. The number of aryl methyl sites for hydroxylation is 1. The van der Waals surface area contributed by atoms with Gasteiger partial charge in [0.05, 0.1) is 6.61 Å². The fourth-order valence-electron chi connectivity index (χ4n) is 5.87. The lowest BCUT2D eigenvalue weighted by Crippen LogP contribution is -2.40. The third-order valence-electron chi connectivity index (χ3n) is 8.29. The number of carbonyl (C=O) groups excluding carboxylic acids is 2. The summed E-state index contributed by atoms with van der Waals surface area (Å²) in [4.78, 5) is 34.7. The van der Waals surface area contributed by atoms with Gasteiger partial charge in [-0.25, -0.2) is 0 Å². The fraction of sp³-hybridized carbons (Fsp3) is 0.483. The van der Waals surface area contributed by atoms with E-state index in [0.29, 0.717) is 18.4 Å². The number of carbonyl (C=O) groups is 2. The molecule has 1 atom stereocenters. The van der Waals surface area contributed by atoms with Gasteiger partial charge < -0.3 is 9.64 Å². The van der Waals surface area contributed by atoms with E-state index in [-0.39, 0.29) is 11.8 Å². The number of nitrogens with zero attached hydrogens (tertiary/aromatic N) is 3. The summed E-state index contributed by atoms with van der Waals surface area (Å²) in [5.41, 5.74) is 4.10. The van der Waals surface area contributed by atoms with Crippen LogP contribution in [0, 0.1) is 11.8 Å². The van der Waals surface area contributed by atoms with E-state index < -0.39 is 5.54 Å². The van der Waals surface area contributed by atoms with Crippen LogP contribution in [0.4, 0.5) is 0 Å². The van der Waals surface area contributed by atoms with Gasteiger partial charge in [-0.1, -0.05) is 30.3 Å². The summed E-state index contributed by atoms with van der Waals surface area (Å²) in [5.74, 6) is 2.86. The molecule has 3 heterocycles. The van der Waals surface area contributed by atoms with Crippen LogP contribution in [0.1, 0.15) is 49.7 Å². The Morgan fingerprint density at radius 2 is 1.80 bits per heavy atom. The minimum absolute atomic E-state index is 0.151. The van der Waals surface area contributed by atoms with Crippen molar-refractivity contribution in [2.75, 3.05) is 26.2 Å². The molecule has 3 aliphatic heterocycles. The Morgan fingerprint density at radius 1 is 1.03 bits per heavy atom. The summed E-state index contributed by atoms with van der Waals surface area (Å²) < 4.78 is 5.76. The highest BCUT2D eigenvalue weighted by atomic mass is 16.5. The van der Waals surface area contributed by atoms with Crippen molar-refractivity contribution in [3.8, 4) is 16.9 Å². The zero-order valence-electron chi connectivity index (χ0n) is 20.0. The average molecular weight is 470 g/mol. The summed E-state index contributed by atoms with van der Waals surface area (Å²) in [6.45, 7) is 3.04. The highest BCUT2D eigenvalue weighted by molar-refractivity contribution is 6.16. The van der Waals surface area contributed by atoms with Gasteiger partial charge in [0.1, 0.15) is 17.1 Å². The number of fused-ring (bicyclic) bond motifs is 1. The van der Waals surface area contributed by atoms with Crippen LogP contribution in [0.15, 0.2) is 47.5 Å². The van der Waals surface area contributed by atoms with Crippen LogP contribution in [0.5, 0.6) is 5.75 Å². The van der Waals surface area contributed by atoms with Crippen LogP contribution < -0.4 is 4.74 Å². The van der Waals surface area contributed by atoms with Gasteiger partial charge >= 0.3 is 0 Å². The lowest BCUT2D eigenvalue weighted by molar-refractivity contribution is -0.131. The Bertz CT molecular complexity index is 1230. The number of benzene rings is 2. The molecule has 1 saturated heterocycles. The lowest BCUT2D eigenvalue weighted by atomic mass is 9.98. The van der Waals surface area contributed by atoms with E-state index in [2.05, 4.69) is 42.5 Å². The van der Waals surface area contributed by atoms with Crippen molar-refractivity contribution in [2.45, 2.75) is 50.5 Å². The van der Waals surface area contributed by atoms with Gasteiger partial charge in [-0.15, -0.1) is 0 Å². The number of likely N-dealkylation sites (tertiary alicyclic amines) is 1. The second kappa shape index (κ2) is 7.94. The fourth-order valence-corrected chi connectivity index (χ4v) is 5.87. The maximum atomic E-state index is 13.3. The molecule has 0 N–H and O–H groups in total. The number of amidine groups is 1. The number of rotatable bonds is 5. The minimum atomic E-state index is -0.519. The Labute approximate surface area is 206 Å². The second-order valence-electron chi connectivity index (χ2n) is 10.9. The number of hydrogen-bond acceptors (Lipinski definition) is 4. The molecule has 6 nitrogen and oxygen atoms in total. The molecular weight excluding hydrogens is 438 g/mol. The van der Waals surface area contributed by atoms with Gasteiger partial charge in [0.2, 0.25) is 5.91 Å². The quantitative estimate of drug-likeness (QED) is 0.664. The van der Waals surface area contributed by atoms with E-state index >= 15 is 0 Å². The molecule has 3 fully saturated rings. The molecule has 35 heavy (non-hydrogen) atoms. The average Bonchev–Trinajstić information content (AvgIpc) is 3.82. The predicted octanol–water partition coefficient (Wildman–Crippen LogP) is 4.06. The third kappa shape index (κ3) is 3.74. The molecule has 0 bridgehead atoms. The Kier molecular flexibility index (Phi) is 4.80. The van der Waals surface area contributed by atoms with Crippen molar-refractivity contribution < 1.29 is 14.3 Å². The molecule has 2 aromatic carbocycles. The molecular formula is C29H31N3O3. The van der Waals surface area contributed by atoms with Gasteiger partial charge in [-0.05, 0) is 79.7 Å². The number of hydrogen-bond donors (Lipinski definition) is 0. The third-order valence-corrected chi connectivity index (χ3v) is 8.29. The number of ether oxygens (including phenoxy) is 1. The van der Waals surface area contributed by atoms with E-state index in [1.165, 1.54) is 11.1 Å². The van der Waals surface area contributed by atoms with Crippen molar-refractivity contribution in [1.29, 1.82) is 0 Å². The van der Waals surface area contributed by atoms with Gasteiger partial charge in [0.15, 0.2) is 0 Å². The highest BCUT2D eigenvalue weighted by Gasteiger charge is 2.57. The van der Waals surface area contributed by atoms with Crippen molar-refractivity contribution in [3.63, 3.8) is 0 Å². The summed E-state index contributed by atoms with van der Waals surface area (Å²) in [6.07, 6.45) is 6.86. The molecule has 2 aliphatic carbocycles. The Hall–Kier alpha value is -3.15. The smallest absolute Gasteiger partial charge is 0.256 e. The largest absolute Gasteiger partial charge is 0.493 e. The molecule has 180 valence electrons. The van der Waals surface area contributed by atoms with E-state index in [4.69, 9.17) is 9.73 Å². The monoisotopic (exact) mass is 469 g/mol. The van der Waals surface area contributed by atoms with E-state index in [9.17, 15) is 9.59 Å². The molecule has 5 aliphatic rings. The van der Waals surface area contributed by atoms with Crippen molar-refractivity contribution in [1.82, 2.24) is 9.80 Å². The predicted molar refractivity (Wildman–Crippen MR) is 133 cm³/mol. The minimum Gasteiger partial charge on any atom is -0.493 e. The number of aliphatic imine (C=N–C) groups is 1. The maximum Gasteiger partial charge on any atom is 0.256 e. The van der Waals surface area contributed by atoms with Crippen LogP contribution in [0.25, 0.3) is 11.1 Å². The highest BCUT2D eigenvalue weighted by Crippen LogP contribution is 2.46. The summed E-state index contributed by atoms with van der Waals surface area (Å²) in [7, 11) is 0. The first-order valence-electron chi connectivity index (χ1n) is 13.2. The van der Waals surface area contributed by atoms with Crippen LogP contribution in [-0.2, 0) is 16.0 Å². The van der Waals surface area contributed by atoms with Crippen LogP contribution in [-0.4, -0.2) is 59.2 Å². The molecule has 7 rings (SSSR count). The van der Waals surface area contributed by atoms with Crippen molar-refractivity contribution in [2.24, 2.45) is 16.8 Å². The number of amides is 2. The topological polar surface area (TPSA) is 62.2 Å². The van der Waals surface area contributed by atoms with Crippen molar-refractivity contribution >= 4 is 17.6 Å². The van der Waals surface area contributed by atoms with E-state index in [0.717, 1.165) is 87.4 Å². The first-order valence-corrected chi connectivity index (χ1v) is 13.2. The zero-order chi connectivity index (χ0) is 23.6. The Morgan fingerprint density at radius 3 is 2.57 bits per heavy atom. The molecule has 0 unspecified atom stereocenters. The van der Waals surface area contributed by atoms with E-state index in [1.807, 2.05) is 9.80 Å². The maximum absolute atomic E-state index is 13.3. The summed E-state index contributed by atoms with van der Waals surface area (Å²) in [5, 5.41) is 0. The first kappa shape index (κ1) is 21.2. The summed E-state index contributed by atoms with van der Waals surface area (Å²) in [6, 6.07) is 14.9. The zero-order valence-corrected chi connectivity index (χ0v) is 20.0. The van der Waals surface area contributed by atoms with Crippen LogP contribution in [0.2, 0.25) is 0 Å².